The standard InChI is InChI=1S/C22H17FN6O4/c1-13-11-20(28(25-13)16-9-7-15(23)8-10-16)24-22(31)21-19(30)12-14(2)27(26-21)17-5-3-4-6-18(17)29(32)33/h3-12H,1-2H3,(H,24,31). The van der Waals surface area contributed by atoms with Crippen molar-refractivity contribution in [3.8, 4) is 11.4 Å². The summed E-state index contributed by atoms with van der Waals surface area (Å²) in [5.41, 5.74) is 0.165. The van der Waals surface area contributed by atoms with Crippen LogP contribution in [0.15, 0.2) is 65.5 Å². The molecule has 0 spiro atoms. The van der Waals surface area contributed by atoms with Crippen LogP contribution in [-0.2, 0) is 0 Å². The van der Waals surface area contributed by atoms with Gasteiger partial charge in [-0.05, 0) is 44.2 Å². The molecule has 10 nitrogen and oxygen atoms in total. The Morgan fingerprint density at radius 3 is 2.42 bits per heavy atom. The van der Waals surface area contributed by atoms with Gasteiger partial charge in [-0.2, -0.15) is 10.2 Å². The van der Waals surface area contributed by atoms with Crippen molar-refractivity contribution in [3.63, 3.8) is 0 Å². The molecule has 0 saturated heterocycles. The van der Waals surface area contributed by atoms with E-state index in [2.05, 4.69) is 15.5 Å². The normalized spacial score (nSPS) is 10.8. The van der Waals surface area contributed by atoms with Gasteiger partial charge in [-0.1, -0.05) is 12.1 Å². The molecule has 0 fully saturated rings. The van der Waals surface area contributed by atoms with Gasteiger partial charge >= 0.3 is 0 Å². The summed E-state index contributed by atoms with van der Waals surface area (Å²) in [6.07, 6.45) is 0. The summed E-state index contributed by atoms with van der Waals surface area (Å²) in [5.74, 6) is -1.01. The van der Waals surface area contributed by atoms with Crippen LogP contribution in [-0.4, -0.2) is 30.4 Å². The van der Waals surface area contributed by atoms with E-state index in [1.165, 1.54) is 57.9 Å². The Bertz CT molecular complexity index is 1440. The second kappa shape index (κ2) is 8.46. The summed E-state index contributed by atoms with van der Waals surface area (Å²) < 4.78 is 15.9. The van der Waals surface area contributed by atoms with E-state index in [1.807, 2.05) is 0 Å². The van der Waals surface area contributed by atoms with E-state index in [0.717, 1.165) is 0 Å². The number of amides is 1. The number of nitro groups is 1. The van der Waals surface area contributed by atoms with Crippen LogP contribution in [0.3, 0.4) is 0 Å². The van der Waals surface area contributed by atoms with Crippen LogP contribution in [0.4, 0.5) is 15.9 Å². The van der Waals surface area contributed by atoms with Crippen molar-refractivity contribution in [1.82, 2.24) is 19.6 Å². The molecule has 0 atom stereocenters. The Kier molecular flexibility index (Phi) is 5.53. The van der Waals surface area contributed by atoms with Gasteiger partial charge in [-0.25, -0.2) is 13.8 Å². The van der Waals surface area contributed by atoms with Crippen LogP contribution in [0.1, 0.15) is 21.9 Å². The zero-order chi connectivity index (χ0) is 23.7. The average molecular weight is 448 g/mol. The highest BCUT2D eigenvalue weighted by molar-refractivity contribution is 6.02. The highest BCUT2D eigenvalue weighted by atomic mass is 19.1. The second-order valence-corrected chi connectivity index (χ2v) is 7.17. The van der Waals surface area contributed by atoms with Crippen LogP contribution >= 0.6 is 0 Å². The van der Waals surface area contributed by atoms with Crippen LogP contribution in [0.2, 0.25) is 0 Å². The summed E-state index contributed by atoms with van der Waals surface area (Å²) in [7, 11) is 0. The molecule has 0 saturated carbocycles. The monoisotopic (exact) mass is 448 g/mol. The van der Waals surface area contributed by atoms with Crippen molar-refractivity contribution in [3.05, 3.63) is 104 Å². The molecule has 1 amide bonds. The van der Waals surface area contributed by atoms with Crippen molar-refractivity contribution in [2.75, 3.05) is 5.32 Å². The Balaban J connectivity index is 1.74. The third kappa shape index (κ3) is 4.24. The molecular formula is C22H17FN6O4. The number of nitrogens with zero attached hydrogens (tertiary/aromatic N) is 5. The molecule has 11 heteroatoms. The van der Waals surface area contributed by atoms with E-state index in [1.54, 1.807) is 26.0 Å². The third-order valence-corrected chi connectivity index (χ3v) is 4.77. The topological polar surface area (TPSA) is 125 Å². The fourth-order valence-corrected chi connectivity index (χ4v) is 3.29. The maximum absolute atomic E-state index is 13.3. The molecule has 4 rings (SSSR count). The predicted octanol–water partition coefficient (Wildman–Crippen LogP) is 3.33. The molecule has 0 radical (unpaired) electrons. The summed E-state index contributed by atoms with van der Waals surface area (Å²) in [6, 6.07) is 14.1. The second-order valence-electron chi connectivity index (χ2n) is 7.17. The predicted molar refractivity (Wildman–Crippen MR) is 117 cm³/mol. The number of halogens is 1. The number of carbonyl (C=O) groups excluding carboxylic acids is 1. The lowest BCUT2D eigenvalue weighted by Crippen LogP contribution is -2.27. The van der Waals surface area contributed by atoms with Gasteiger partial charge in [-0.3, -0.25) is 19.7 Å². The van der Waals surface area contributed by atoms with Gasteiger partial charge < -0.3 is 5.32 Å². The lowest BCUT2D eigenvalue weighted by Gasteiger charge is -2.12. The first-order valence-corrected chi connectivity index (χ1v) is 9.73. The number of anilines is 1. The summed E-state index contributed by atoms with van der Waals surface area (Å²) in [6.45, 7) is 3.26. The average Bonchev–Trinajstić information content (AvgIpc) is 3.14. The first kappa shape index (κ1) is 21.6. The zero-order valence-electron chi connectivity index (χ0n) is 17.5. The summed E-state index contributed by atoms with van der Waals surface area (Å²) in [4.78, 5) is 36.4. The number of benzene rings is 2. The SMILES string of the molecule is Cc1cc(NC(=O)c2nn(-c3ccccc3[N+](=O)[O-])c(C)cc2=O)n(-c2ccc(F)cc2)n1. The minimum absolute atomic E-state index is 0.112. The number of hydrogen-bond acceptors (Lipinski definition) is 6. The van der Waals surface area contributed by atoms with Gasteiger partial charge in [0.2, 0.25) is 5.43 Å². The molecule has 0 unspecified atom stereocenters. The number of para-hydroxylation sites is 2. The van der Waals surface area contributed by atoms with Gasteiger partial charge in [0.05, 0.1) is 16.3 Å². The zero-order valence-corrected chi connectivity index (χ0v) is 17.5. The fourth-order valence-electron chi connectivity index (χ4n) is 3.29. The molecular weight excluding hydrogens is 431 g/mol. The first-order valence-electron chi connectivity index (χ1n) is 9.73. The fraction of sp³-hybridized carbons (Fsp3) is 0.0909. The van der Waals surface area contributed by atoms with Crippen molar-refractivity contribution >= 4 is 17.4 Å². The number of nitrogens with one attached hydrogen (secondary N) is 1. The smallest absolute Gasteiger partial charge is 0.294 e. The first-order chi connectivity index (χ1) is 15.7. The molecule has 33 heavy (non-hydrogen) atoms. The number of aromatic nitrogens is 4. The molecule has 0 aliphatic rings. The molecule has 0 bridgehead atoms. The third-order valence-electron chi connectivity index (χ3n) is 4.77. The van der Waals surface area contributed by atoms with E-state index in [4.69, 9.17) is 0 Å². The number of rotatable bonds is 5. The molecule has 0 aliphatic heterocycles. The number of carbonyl (C=O) groups is 1. The molecule has 2 heterocycles. The van der Waals surface area contributed by atoms with Crippen LogP contribution < -0.4 is 10.7 Å². The number of nitro benzene ring substituents is 1. The summed E-state index contributed by atoms with van der Waals surface area (Å²) >= 11 is 0. The van der Waals surface area contributed by atoms with Gasteiger partial charge in [-0.15, -0.1) is 0 Å². The van der Waals surface area contributed by atoms with Crippen molar-refractivity contribution in [1.29, 1.82) is 0 Å². The van der Waals surface area contributed by atoms with Crippen LogP contribution in [0, 0.1) is 29.8 Å². The van der Waals surface area contributed by atoms with Gasteiger partial charge in [0, 0.05) is 23.9 Å². The number of aryl methyl sites for hydroxylation is 2. The molecule has 2 aromatic heterocycles. The maximum atomic E-state index is 13.3. The van der Waals surface area contributed by atoms with Gasteiger partial charge in [0.25, 0.3) is 11.6 Å². The number of hydrogen-bond donors (Lipinski definition) is 1. The lowest BCUT2D eigenvalue weighted by molar-refractivity contribution is -0.384. The lowest BCUT2D eigenvalue weighted by atomic mass is 10.2. The van der Waals surface area contributed by atoms with Crippen LogP contribution in [0.5, 0.6) is 0 Å². The van der Waals surface area contributed by atoms with E-state index in [9.17, 15) is 24.1 Å². The Hall–Kier alpha value is -4.67. The minimum atomic E-state index is -0.824. The molecule has 0 aliphatic carbocycles. The molecule has 2 aromatic carbocycles. The van der Waals surface area contributed by atoms with E-state index in [0.29, 0.717) is 17.1 Å². The molecule has 4 aromatic rings. The van der Waals surface area contributed by atoms with E-state index >= 15 is 0 Å². The van der Waals surface area contributed by atoms with Crippen molar-refractivity contribution in [2.45, 2.75) is 13.8 Å². The van der Waals surface area contributed by atoms with E-state index in [-0.39, 0.29) is 17.2 Å². The Morgan fingerprint density at radius 1 is 1.03 bits per heavy atom. The quantitative estimate of drug-likeness (QED) is 0.369. The Morgan fingerprint density at radius 2 is 1.73 bits per heavy atom. The Labute approximate surface area is 186 Å². The highest BCUT2D eigenvalue weighted by Crippen LogP contribution is 2.22. The van der Waals surface area contributed by atoms with Crippen LogP contribution in [0.25, 0.3) is 11.4 Å². The summed E-state index contributed by atoms with van der Waals surface area (Å²) in [5, 5.41) is 22.4. The maximum Gasteiger partial charge on any atom is 0.294 e. The molecule has 166 valence electrons. The van der Waals surface area contributed by atoms with Crippen molar-refractivity contribution < 1.29 is 14.1 Å². The van der Waals surface area contributed by atoms with Crippen molar-refractivity contribution in [2.24, 2.45) is 0 Å². The largest absolute Gasteiger partial charge is 0.305 e. The van der Waals surface area contributed by atoms with Gasteiger partial charge in [0.15, 0.2) is 5.69 Å². The van der Waals surface area contributed by atoms with E-state index < -0.39 is 27.8 Å². The van der Waals surface area contributed by atoms with Gasteiger partial charge in [0.1, 0.15) is 17.3 Å². The minimum Gasteiger partial charge on any atom is -0.305 e. The molecule has 1 N–H and O–H groups in total. The highest BCUT2D eigenvalue weighted by Gasteiger charge is 2.21.